The van der Waals surface area contributed by atoms with Gasteiger partial charge in [0.15, 0.2) is 6.54 Å². The number of carbonyl (C=O) groups excluding carboxylic acids is 1. The van der Waals surface area contributed by atoms with E-state index >= 15 is 0 Å². The van der Waals surface area contributed by atoms with Crippen LogP contribution in [0.25, 0.3) is 0 Å². The van der Waals surface area contributed by atoms with E-state index < -0.39 is 4.92 Å². The summed E-state index contributed by atoms with van der Waals surface area (Å²) in [7, 11) is 1.41. The van der Waals surface area contributed by atoms with Crippen molar-refractivity contribution in [2.75, 3.05) is 19.0 Å². The minimum atomic E-state index is -0.571. The molecule has 0 fully saturated rings. The Kier molecular flexibility index (Phi) is 6.79. The molecule has 138 valence electrons. The number of ether oxygens (including phenoxy) is 1. The van der Waals surface area contributed by atoms with Crippen LogP contribution in [0, 0.1) is 10.1 Å². The smallest absolute Gasteiger partial charge is 0.296 e. The number of amides is 1. The molecule has 7 nitrogen and oxygen atoms in total. The first-order valence-corrected chi connectivity index (χ1v) is 8.48. The van der Waals surface area contributed by atoms with Gasteiger partial charge in [-0.1, -0.05) is 29.3 Å². The normalized spacial score (nSPS) is 11.7. The van der Waals surface area contributed by atoms with E-state index in [-0.39, 0.29) is 29.9 Å². The third-order valence-electron chi connectivity index (χ3n) is 3.79. The van der Waals surface area contributed by atoms with Gasteiger partial charge in [-0.15, -0.1) is 0 Å². The second-order valence-electron chi connectivity index (χ2n) is 5.58. The highest BCUT2D eigenvalue weighted by atomic mass is 35.5. The van der Waals surface area contributed by atoms with Crippen molar-refractivity contribution < 1.29 is 19.8 Å². The van der Waals surface area contributed by atoms with Crippen molar-refractivity contribution in [3.63, 3.8) is 0 Å². The zero-order valence-electron chi connectivity index (χ0n) is 14.2. The Labute approximate surface area is 160 Å². The lowest BCUT2D eigenvalue weighted by Gasteiger charge is -2.13. The molecule has 0 bridgehead atoms. The summed E-state index contributed by atoms with van der Waals surface area (Å²) >= 11 is 12.0. The quantitative estimate of drug-likeness (QED) is 0.552. The highest BCUT2D eigenvalue weighted by molar-refractivity contribution is 6.35. The first-order valence-electron chi connectivity index (χ1n) is 7.72. The number of nitro groups is 1. The summed E-state index contributed by atoms with van der Waals surface area (Å²) in [4.78, 5) is 22.7. The second kappa shape index (κ2) is 8.84. The van der Waals surface area contributed by atoms with Gasteiger partial charge in [0.25, 0.3) is 11.6 Å². The van der Waals surface area contributed by atoms with Crippen molar-refractivity contribution in [3.8, 4) is 5.75 Å². The number of hydrogen-bond donors (Lipinski definition) is 2. The fourth-order valence-corrected chi connectivity index (χ4v) is 2.96. The van der Waals surface area contributed by atoms with Crippen LogP contribution in [0.15, 0.2) is 36.4 Å². The van der Waals surface area contributed by atoms with E-state index in [0.29, 0.717) is 15.8 Å². The molecule has 0 saturated carbocycles. The molecule has 0 spiro atoms. The highest BCUT2D eigenvalue weighted by Crippen LogP contribution is 2.29. The van der Waals surface area contributed by atoms with Gasteiger partial charge in [-0.25, -0.2) is 0 Å². The van der Waals surface area contributed by atoms with Crippen molar-refractivity contribution in [2.45, 2.75) is 13.0 Å². The fourth-order valence-electron chi connectivity index (χ4n) is 2.38. The molecule has 2 aromatic rings. The summed E-state index contributed by atoms with van der Waals surface area (Å²) in [5.41, 5.74) is 0.733. The van der Waals surface area contributed by atoms with Crippen LogP contribution in [0.1, 0.15) is 18.5 Å². The molecule has 26 heavy (non-hydrogen) atoms. The van der Waals surface area contributed by atoms with Gasteiger partial charge in [-0.3, -0.25) is 14.9 Å². The number of nitro benzene ring substituents is 1. The molecule has 3 N–H and O–H groups in total. The lowest BCUT2D eigenvalue weighted by atomic mass is 10.1. The van der Waals surface area contributed by atoms with Gasteiger partial charge >= 0.3 is 0 Å². The zero-order valence-corrected chi connectivity index (χ0v) is 15.7. The number of rotatable bonds is 7. The van der Waals surface area contributed by atoms with Gasteiger partial charge in [0.2, 0.25) is 0 Å². The molecule has 0 unspecified atom stereocenters. The Morgan fingerprint density at radius 1 is 1.31 bits per heavy atom. The number of carbonyl (C=O) groups is 1. The summed E-state index contributed by atoms with van der Waals surface area (Å²) < 4.78 is 4.97. The minimum Gasteiger partial charge on any atom is -0.496 e. The molecule has 0 radical (unpaired) electrons. The molecule has 0 saturated heterocycles. The van der Waals surface area contributed by atoms with Gasteiger partial charge in [-0.2, -0.15) is 0 Å². The van der Waals surface area contributed by atoms with E-state index in [2.05, 4.69) is 5.32 Å². The van der Waals surface area contributed by atoms with Crippen LogP contribution >= 0.6 is 23.2 Å². The summed E-state index contributed by atoms with van der Waals surface area (Å²) in [5.74, 6) is -0.0255. The molecule has 0 aliphatic rings. The Hall–Kier alpha value is -2.35. The predicted molar refractivity (Wildman–Crippen MR) is 99.9 cm³/mol. The molecule has 0 aromatic heterocycles. The number of hydrogen-bond acceptors (Lipinski definition) is 4. The van der Waals surface area contributed by atoms with E-state index in [1.807, 2.05) is 6.92 Å². The Bertz CT molecular complexity index is 830. The van der Waals surface area contributed by atoms with Gasteiger partial charge in [0, 0.05) is 10.6 Å². The summed E-state index contributed by atoms with van der Waals surface area (Å²) in [6.45, 7) is 1.97. The predicted octanol–water partition coefficient (Wildman–Crippen LogP) is 3.17. The van der Waals surface area contributed by atoms with E-state index in [4.69, 9.17) is 27.9 Å². The van der Waals surface area contributed by atoms with Crippen LogP contribution in [0.4, 0.5) is 11.4 Å². The lowest BCUT2D eigenvalue weighted by Crippen LogP contribution is -2.86. The number of quaternary nitrogens is 1. The number of nitrogens with one attached hydrogen (secondary N) is 1. The van der Waals surface area contributed by atoms with Gasteiger partial charge in [0.1, 0.15) is 17.5 Å². The molecular weight excluding hydrogens is 381 g/mol. The average Bonchev–Trinajstić information content (AvgIpc) is 2.59. The standard InChI is InChI=1S/C17H17Cl2N3O4/c1-10(13-5-3-11(18)7-14(13)19)20-9-17(23)21-15-6-4-12(26-2)8-16(15)22(24)25/h3-8,10,20H,9H2,1-2H3,(H,21,23)/p+1/t10-/m0/s1. The second-order valence-corrected chi connectivity index (χ2v) is 6.43. The first-order chi connectivity index (χ1) is 12.3. The van der Waals surface area contributed by atoms with Crippen molar-refractivity contribution >= 4 is 40.5 Å². The number of nitrogens with zero attached hydrogens (tertiary/aromatic N) is 1. The molecule has 0 aliphatic carbocycles. The monoisotopic (exact) mass is 398 g/mol. The number of halogens is 2. The SMILES string of the molecule is COc1ccc(NC(=O)C[NH2+][C@@H](C)c2ccc(Cl)cc2Cl)c([N+](=O)[O-])c1. The molecule has 0 aliphatic heterocycles. The van der Waals surface area contributed by atoms with Crippen molar-refractivity contribution in [1.82, 2.24) is 0 Å². The molecule has 0 heterocycles. The minimum absolute atomic E-state index is 0.0727. The maximum Gasteiger partial charge on any atom is 0.296 e. The molecule has 1 atom stereocenters. The van der Waals surface area contributed by atoms with Crippen LogP contribution in [-0.4, -0.2) is 24.5 Å². The number of benzene rings is 2. The van der Waals surface area contributed by atoms with Crippen molar-refractivity contribution in [3.05, 3.63) is 62.1 Å². The van der Waals surface area contributed by atoms with Crippen LogP contribution in [0.5, 0.6) is 5.75 Å². The highest BCUT2D eigenvalue weighted by Gasteiger charge is 2.19. The topological polar surface area (TPSA) is 98.1 Å². The van der Waals surface area contributed by atoms with Crippen LogP contribution in [0.2, 0.25) is 10.0 Å². The number of nitrogens with two attached hydrogens (primary N) is 1. The van der Waals surface area contributed by atoms with E-state index in [1.165, 1.54) is 19.2 Å². The van der Waals surface area contributed by atoms with E-state index in [1.54, 1.807) is 29.6 Å². The summed E-state index contributed by atoms with van der Waals surface area (Å²) in [5, 5.41) is 16.5. The number of methoxy groups -OCH3 is 1. The first kappa shape index (κ1) is 20.0. The largest absolute Gasteiger partial charge is 0.496 e. The third-order valence-corrected chi connectivity index (χ3v) is 4.35. The van der Waals surface area contributed by atoms with Crippen LogP contribution in [0.3, 0.4) is 0 Å². The van der Waals surface area contributed by atoms with Gasteiger partial charge < -0.3 is 15.4 Å². The molecule has 2 aromatic carbocycles. The van der Waals surface area contributed by atoms with Crippen molar-refractivity contribution in [2.24, 2.45) is 0 Å². The zero-order chi connectivity index (χ0) is 19.3. The molecule has 2 rings (SSSR count). The summed E-state index contributed by atoms with van der Waals surface area (Å²) in [6.07, 6.45) is 0. The third kappa shape index (κ3) is 5.08. The Morgan fingerprint density at radius 3 is 2.65 bits per heavy atom. The van der Waals surface area contributed by atoms with Crippen molar-refractivity contribution in [1.29, 1.82) is 0 Å². The van der Waals surface area contributed by atoms with Gasteiger partial charge in [-0.05, 0) is 31.2 Å². The summed E-state index contributed by atoms with van der Waals surface area (Å²) in [6, 6.07) is 9.33. The molecule has 9 heteroatoms. The van der Waals surface area contributed by atoms with Crippen LogP contribution in [-0.2, 0) is 4.79 Å². The van der Waals surface area contributed by atoms with Gasteiger partial charge in [0.05, 0.1) is 23.1 Å². The lowest BCUT2D eigenvalue weighted by molar-refractivity contribution is -0.682. The van der Waals surface area contributed by atoms with E-state index in [9.17, 15) is 14.9 Å². The van der Waals surface area contributed by atoms with E-state index in [0.717, 1.165) is 5.56 Å². The molecular formula is C17H18Cl2N3O4+. The Morgan fingerprint density at radius 2 is 2.04 bits per heavy atom. The number of anilines is 1. The Balaban J connectivity index is 2.02. The fraction of sp³-hybridized carbons (Fsp3) is 0.235. The molecule has 1 amide bonds. The maximum absolute atomic E-state index is 12.2. The average molecular weight is 399 g/mol. The van der Waals surface area contributed by atoms with Crippen LogP contribution < -0.4 is 15.4 Å². The maximum atomic E-state index is 12.2.